The Kier molecular flexibility index (Phi) is 1.98. The van der Waals surface area contributed by atoms with Gasteiger partial charge in [-0.3, -0.25) is 0 Å². The molecule has 1 aromatic rings. The van der Waals surface area contributed by atoms with Crippen molar-refractivity contribution in [2.45, 2.75) is 63.0 Å². The molecule has 3 fully saturated rings. The maximum absolute atomic E-state index is 6.76. The molecule has 4 aliphatic carbocycles. The Bertz CT molecular complexity index is 587. The van der Waals surface area contributed by atoms with Gasteiger partial charge in [-0.15, -0.1) is 0 Å². The van der Waals surface area contributed by atoms with Crippen LogP contribution in [0.1, 0.15) is 50.2 Å². The summed E-state index contributed by atoms with van der Waals surface area (Å²) in [6.45, 7) is 2.36. The minimum Gasteiger partial charge on any atom is -0.489 e. The highest BCUT2D eigenvalue weighted by molar-refractivity contribution is 5.56. The SMILES string of the molecule is CC[C@]12c3c4cccc3OC1C1CCC2(CC1)[C@H](N)C4. The smallest absolute Gasteiger partial charge is 0.123 e. The molecule has 0 saturated heterocycles. The highest BCUT2D eigenvalue weighted by Gasteiger charge is 2.70. The van der Waals surface area contributed by atoms with E-state index in [2.05, 4.69) is 25.1 Å². The molecule has 1 unspecified atom stereocenters. The third kappa shape index (κ3) is 0.966. The molecule has 1 aliphatic heterocycles. The first-order valence-electron chi connectivity index (χ1n) is 8.27. The van der Waals surface area contributed by atoms with E-state index in [4.69, 9.17) is 10.5 Å². The van der Waals surface area contributed by atoms with Crippen molar-refractivity contribution in [1.29, 1.82) is 0 Å². The molecule has 0 radical (unpaired) electrons. The van der Waals surface area contributed by atoms with Crippen LogP contribution < -0.4 is 10.5 Å². The topological polar surface area (TPSA) is 35.2 Å². The molecular weight excluding hydrogens is 246 g/mol. The van der Waals surface area contributed by atoms with Crippen LogP contribution in [0.3, 0.4) is 0 Å². The van der Waals surface area contributed by atoms with Crippen molar-refractivity contribution in [2.24, 2.45) is 17.1 Å². The van der Waals surface area contributed by atoms with Gasteiger partial charge in [0.25, 0.3) is 0 Å². The van der Waals surface area contributed by atoms with E-state index in [9.17, 15) is 0 Å². The minimum absolute atomic E-state index is 0.220. The van der Waals surface area contributed by atoms with E-state index in [1.54, 1.807) is 5.56 Å². The van der Waals surface area contributed by atoms with Gasteiger partial charge in [-0.2, -0.15) is 0 Å². The third-order valence-electron chi connectivity index (χ3n) is 7.24. The van der Waals surface area contributed by atoms with Crippen LogP contribution in [0, 0.1) is 11.3 Å². The minimum atomic E-state index is 0.220. The molecule has 0 aromatic heterocycles. The maximum atomic E-state index is 6.76. The normalized spacial score (nSPS) is 47.0. The molecule has 2 N–H and O–H groups in total. The van der Waals surface area contributed by atoms with Gasteiger partial charge < -0.3 is 10.5 Å². The Morgan fingerprint density at radius 3 is 2.85 bits per heavy atom. The quantitative estimate of drug-likeness (QED) is 0.850. The van der Waals surface area contributed by atoms with Gasteiger partial charge in [0.2, 0.25) is 0 Å². The van der Waals surface area contributed by atoms with Crippen molar-refractivity contribution in [1.82, 2.24) is 0 Å². The number of fused-ring (bicyclic) bond motifs is 2. The van der Waals surface area contributed by atoms with Crippen LogP contribution in [-0.4, -0.2) is 12.1 Å². The lowest BCUT2D eigenvalue weighted by molar-refractivity contribution is -0.123. The molecule has 106 valence electrons. The third-order valence-corrected chi connectivity index (χ3v) is 7.24. The van der Waals surface area contributed by atoms with Gasteiger partial charge in [0.15, 0.2) is 0 Å². The Labute approximate surface area is 120 Å². The fraction of sp³-hybridized carbons (Fsp3) is 0.667. The average molecular weight is 269 g/mol. The lowest BCUT2D eigenvalue weighted by atomic mass is 9.39. The summed E-state index contributed by atoms with van der Waals surface area (Å²) in [6, 6.07) is 6.95. The van der Waals surface area contributed by atoms with E-state index in [0.717, 1.165) is 12.3 Å². The Morgan fingerprint density at radius 1 is 1.30 bits per heavy atom. The summed E-state index contributed by atoms with van der Waals surface area (Å²) in [5.41, 5.74) is 10.3. The summed E-state index contributed by atoms with van der Waals surface area (Å²) in [5.74, 6) is 1.93. The van der Waals surface area contributed by atoms with Gasteiger partial charge >= 0.3 is 0 Å². The zero-order chi connectivity index (χ0) is 13.5. The highest BCUT2D eigenvalue weighted by Crippen LogP contribution is 2.70. The van der Waals surface area contributed by atoms with Gasteiger partial charge in [0.05, 0.1) is 0 Å². The Morgan fingerprint density at radius 2 is 2.10 bits per heavy atom. The summed E-state index contributed by atoms with van der Waals surface area (Å²) >= 11 is 0. The molecule has 3 atom stereocenters. The van der Waals surface area contributed by atoms with Gasteiger partial charge in [-0.25, -0.2) is 0 Å². The summed E-state index contributed by atoms with van der Waals surface area (Å²) in [7, 11) is 0. The van der Waals surface area contributed by atoms with E-state index < -0.39 is 0 Å². The van der Waals surface area contributed by atoms with Crippen molar-refractivity contribution in [3.8, 4) is 5.75 Å². The molecule has 0 amide bonds. The average Bonchev–Trinajstić information content (AvgIpc) is 2.86. The molecule has 3 saturated carbocycles. The van der Waals surface area contributed by atoms with E-state index >= 15 is 0 Å². The molecule has 5 aliphatic rings. The van der Waals surface area contributed by atoms with E-state index in [0.29, 0.717) is 17.6 Å². The molecule has 6 rings (SSSR count). The number of benzene rings is 1. The van der Waals surface area contributed by atoms with Crippen molar-refractivity contribution >= 4 is 0 Å². The van der Waals surface area contributed by atoms with Crippen molar-refractivity contribution in [2.75, 3.05) is 0 Å². The maximum Gasteiger partial charge on any atom is 0.123 e. The summed E-state index contributed by atoms with van der Waals surface area (Å²) in [6.07, 6.45) is 7.92. The van der Waals surface area contributed by atoms with Crippen LogP contribution in [0.2, 0.25) is 0 Å². The van der Waals surface area contributed by atoms with Crippen LogP contribution in [0.15, 0.2) is 18.2 Å². The van der Waals surface area contributed by atoms with Crippen LogP contribution >= 0.6 is 0 Å². The second-order valence-corrected chi connectivity index (χ2v) is 7.46. The monoisotopic (exact) mass is 269 g/mol. The fourth-order valence-corrected chi connectivity index (χ4v) is 6.53. The number of hydrogen-bond donors (Lipinski definition) is 1. The Hall–Kier alpha value is -1.02. The lowest BCUT2D eigenvalue weighted by Crippen LogP contribution is -2.69. The van der Waals surface area contributed by atoms with E-state index in [1.165, 1.54) is 43.4 Å². The first-order valence-corrected chi connectivity index (χ1v) is 8.27. The predicted molar refractivity (Wildman–Crippen MR) is 78.9 cm³/mol. The molecular formula is C18H23NO. The Balaban J connectivity index is 1.87. The summed E-state index contributed by atoms with van der Waals surface area (Å²) < 4.78 is 6.52. The fourth-order valence-electron chi connectivity index (χ4n) is 6.53. The first-order chi connectivity index (χ1) is 9.73. The predicted octanol–water partition coefficient (Wildman–Crippen LogP) is 3.17. The molecule has 20 heavy (non-hydrogen) atoms. The lowest BCUT2D eigenvalue weighted by Gasteiger charge is -2.65. The number of ether oxygens (including phenoxy) is 1. The number of nitrogens with two attached hydrogens (primary N) is 1. The van der Waals surface area contributed by atoms with Crippen molar-refractivity contribution < 1.29 is 4.74 Å². The largest absolute Gasteiger partial charge is 0.489 e. The van der Waals surface area contributed by atoms with Gasteiger partial charge in [0, 0.05) is 17.0 Å². The van der Waals surface area contributed by atoms with Crippen LogP contribution in [-0.2, 0) is 11.8 Å². The molecule has 2 bridgehead atoms. The van der Waals surface area contributed by atoms with Crippen molar-refractivity contribution in [3.63, 3.8) is 0 Å². The highest BCUT2D eigenvalue weighted by atomic mass is 16.5. The molecule has 1 aromatic carbocycles. The van der Waals surface area contributed by atoms with Gasteiger partial charge in [-0.05, 0) is 61.5 Å². The van der Waals surface area contributed by atoms with Gasteiger partial charge in [-0.1, -0.05) is 19.1 Å². The van der Waals surface area contributed by atoms with Crippen LogP contribution in [0.5, 0.6) is 5.75 Å². The molecule has 1 spiro atoms. The second kappa shape index (κ2) is 3.41. The molecule has 1 heterocycles. The molecule has 2 heteroatoms. The van der Waals surface area contributed by atoms with Crippen LogP contribution in [0.25, 0.3) is 0 Å². The zero-order valence-electron chi connectivity index (χ0n) is 12.2. The number of rotatable bonds is 1. The van der Waals surface area contributed by atoms with Crippen LogP contribution in [0.4, 0.5) is 0 Å². The van der Waals surface area contributed by atoms with E-state index in [1.807, 2.05) is 0 Å². The summed E-state index contributed by atoms with van der Waals surface area (Å²) in [4.78, 5) is 0. The molecule has 2 nitrogen and oxygen atoms in total. The second-order valence-electron chi connectivity index (χ2n) is 7.46. The standard InChI is InChI=1S/C18H23NO/c1-2-18-15-12-4-3-5-13(15)20-16(18)11-6-8-17(18,9-7-11)14(19)10-12/h3-5,11,14,16H,2,6-10,19H2,1H3/t11?,14-,16?,17?,18+/m1/s1. The first kappa shape index (κ1) is 11.6. The zero-order valence-corrected chi connectivity index (χ0v) is 12.2. The summed E-state index contributed by atoms with van der Waals surface area (Å²) in [5, 5.41) is 0. The van der Waals surface area contributed by atoms with Crippen molar-refractivity contribution in [3.05, 3.63) is 29.3 Å². The number of hydrogen-bond acceptors (Lipinski definition) is 2. The van der Waals surface area contributed by atoms with E-state index in [-0.39, 0.29) is 5.41 Å². The van der Waals surface area contributed by atoms with Gasteiger partial charge in [0.1, 0.15) is 11.9 Å².